The molecular weight excluding hydrogens is 542 g/mol. The van der Waals surface area contributed by atoms with Gasteiger partial charge in [-0.1, -0.05) is 48.5 Å². The second kappa shape index (κ2) is 12.0. The molecule has 4 atom stereocenters. The van der Waals surface area contributed by atoms with Crippen LogP contribution in [0.15, 0.2) is 82.0 Å². The zero-order valence-electron chi connectivity index (χ0n) is 23.1. The maximum Gasteiger partial charge on any atom is 0.338 e. The number of rotatable bonds is 4. The lowest BCUT2D eigenvalue weighted by molar-refractivity contribution is -0.156. The first-order chi connectivity index (χ1) is 20.2. The molecule has 2 aliphatic heterocycles. The van der Waals surface area contributed by atoms with Gasteiger partial charge in [0.15, 0.2) is 16.9 Å². The van der Waals surface area contributed by atoms with E-state index in [9.17, 15) is 29.7 Å². The summed E-state index contributed by atoms with van der Waals surface area (Å²) in [6.07, 6.45) is 2.26. The normalized spacial score (nSPS) is 21.3. The van der Waals surface area contributed by atoms with Crippen molar-refractivity contribution in [3.05, 3.63) is 88.6 Å². The SMILES string of the molecule is COC(=O)[C@@H]1C2CCC(C[C@@H]1OC(=O)c1ccccc1)N2C.O=c1cc(-c2ccccc2)oc2cc(O)c(O)c(O)c12. The zero-order valence-corrected chi connectivity index (χ0v) is 23.1. The number of phenolic OH excluding ortho intramolecular Hbond substituents is 3. The predicted octanol–water partition coefficient (Wildman–Crippen LogP) is 4.44. The van der Waals surface area contributed by atoms with Crippen LogP contribution in [0.4, 0.5) is 0 Å². The van der Waals surface area contributed by atoms with Crippen molar-refractivity contribution in [3.63, 3.8) is 0 Å². The van der Waals surface area contributed by atoms with Crippen molar-refractivity contribution >= 4 is 22.9 Å². The number of benzene rings is 3. The molecule has 10 nitrogen and oxygen atoms in total. The van der Waals surface area contributed by atoms with E-state index in [0.29, 0.717) is 29.3 Å². The average molecular weight is 574 g/mol. The number of piperidine rings is 1. The minimum absolute atomic E-state index is 0.00385. The molecule has 2 bridgehead atoms. The van der Waals surface area contributed by atoms with Gasteiger partial charge in [0.05, 0.1) is 12.7 Å². The van der Waals surface area contributed by atoms with Gasteiger partial charge in [0.25, 0.3) is 0 Å². The molecule has 42 heavy (non-hydrogen) atoms. The Morgan fingerprint density at radius 1 is 0.929 bits per heavy atom. The number of esters is 2. The first-order valence-corrected chi connectivity index (χ1v) is 13.5. The van der Waals surface area contributed by atoms with Crippen molar-refractivity contribution in [3.8, 4) is 28.6 Å². The zero-order chi connectivity index (χ0) is 30.0. The van der Waals surface area contributed by atoms with Crippen molar-refractivity contribution in [2.75, 3.05) is 14.2 Å². The van der Waals surface area contributed by atoms with Gasteiger partial charge in [-0.25, -0.2) is 4.79 Å². The smallest absolute Gasteiger partial charge is 0.338 e. The van der Waals surface area contributed by atoms with E-state index in [1.165, 1.54) is 13.2 Å². The monoisotopic (exact) mass is 573 g/mol. The molecule has 2 aliphatic rings. The van der Waals surface area contributed by atoms with Crippen molar-refractivity contribution in [2.24, 2.45) is 5.92 Å². The number of methoxy groups -OCH3 is 1. The highest BCUT2D eigenvalue weighted by Gasteiger charge is 2.51. The molecule has 2 fully saturated rings. The summed E-state index contributed by atoms with van der Waals surface area (Å²) in [5, 5.41) is 28.5. The van der Waals surface area contributed by atoms with Gasteiger partial charge < -0.3 is 29.2 Å². The summed E-state index contributed by atoms with van der Waals surface area (Å²) in [6.45, 7) is 0. The Balaban J connectivity index is 0.000000169. The number of ether oxygens (including phenoxy) is 2. The van der Waals surface area contributed by atoms with Crippen molar-refractivity contribution in [1.29, 1.82) is 0 Å². The molecule has 10 heteroatoms. The van der Waals surface area contributed by atoms with Gasteiger partial charge in [-0.2, -0.15) is 0 Å². The van der Waals surface area contributed by atoms with E-state index in [1.54, 1.807) is 48.5 Å². The largest absolute Gasteiger partial charge is 0.504 e. The lowest BCUT2D eigenvalue weighted by Crippen LogP contribution is -2.53. The van der Waals surface area contributed by atoms with Crippen molar-refractivity contribution in [1.82, 2.24) is 4.90 Å². The van der Waals surface area contributed by atoms with E-state index in [0.717, 1.165) is 18.9 Å². The molecule has 2 saturated heterocycles. The maximum atomic E-state index is 12.3. The molecule has 2 unspecified atom stereocenters. The van der Waals surface area contributed by atoms with Gasteiger partial charge in [-0.05, 0) is 32.0 Å². The summed E-state index contributed by atoms with van der Waals surface area (Å²) in [5.41, 5.74) is 0.706. The number of aromatic hydroxyl groups is 3. The molecule has 3 N–H and O–H groups in total. The molecular formula is C32H31NO9. The fourth-order valence-electron chi connectivity index (χ4n) is 5.79. The van der Waals surface area contributed by atoms with E-state index < -0.39 is 34.7 Å². The Morgan fingerprint density at radius 3 is 2.26 bits per heavy atom. The van der Waals surface area contributed by atoms with Crippen molar-refractivity contribution in [2.45, 2.75) is 37.5 Å². The minimum atomic E-state index is -0.739. The van der Waals surface area contributed by atoms with Gasteiger partial charge in [-0.3, -0.25) is 14.5 Å². The Hall–Kier alpha value is -4.83. The van der Waals surface area contributed by atoms with Crippen LogP contribution in [-0.2, 0) is 14.3 Å². The number of carbonyl (C=O) groups excluding carboxylic acids is 2. The topological polar surface area (TPSA) is 147 Å². The van der Waals surface area contributed by atoms with Crippen LogP contribution < -0.4 is 5.43 Å². The second-order valence-electron chi connectivity index (χ2n) is 10.4. The molecule has 3 aromatic carbocycles. The number of carbonyl (C=O) groups is 2. The molecule has 0 saturated carbocycles. The van der Waals surface area contributed by atoms with Crippen LogP contribution in [-0.4, -0.2) is 64.5 Å². The van der Waals surface area contributed by atoms with Crippen LogP contribution in [0.2, 0.25) is 0 Å². The van der Waals surface area contributed by atoms with Crippen molar-refractivity contribution < 1.29 is 38.8 Å². The first-order valence-electron chi connectivity index (χ1n) is 13.5. The van der Waals surface area contributed by atoms with Crippen LogP contribution in [0.25, 0.3) is 22.3 Å². The Bertz CT molecular complexity index is 1650. The maximum absolute atomic E-state index is 12.3. The van der Waals surface area contributed by atoms with Crippen LogP contribution in [0.3, 0.4) is 0 Å². The van der Waals surface area contributed by atoms with Gasteiger partial charge in [0, 0.05) is 36.2 Å². The molecule has 218 valence electrons. The number of hydrogen-bond donors (Lipinski definition) is 3. The van der Waals surface area contributed by atoms with E-state index in [1.807, 2.05) is 19.2 Å². The fourth-order valence-corrected chi connectivity index (χ4v) is 5.79. The Morgan fingerprint density at radius 2 is 1.60 bits per heavy atom. The van der Waals surface area contributed by atoms with E-state index >= 15 is 0 Å². The van der Waals surface area contributed by atoms with Gasteiger partial charge >= 0.3 is 11.9 Å². The summed E-state index contributed by atoms with van der Waals surface area (Å²) in [7, 11) is 3.42. The van der Waals surface area contributed by atoms with E-state index in [2.05, 4.69) is 4.90 Å². The number of nitrogens with zero attached hydrogens (tertiary/aromatic N) is 1. The Kier molecular flexibility index (Phi) is 8.17. The third-order valence-corrected chi connectivity index (χ3v) is 7.96. The quantitative estimate of drug-likeness (QED) is 0.236. The minimum Gasteiger partial charge on any atom is -0.504 e. The molecule has 6 rings (SSSR count). The van der Waals surface area contributed by atoms with Crippen LogP contribution >= 0.6 is 0 Å². The lowest BCUT2D eigenvalue weighted by atomic mass is 9.87. The summed E-state index contributed by atoms with van der Waals surface area (Å²) in [4.78, 5) is 38.8. The molecule has 0 spiro atoms. The summed E-state index contributed by atoms with van der Waals surface area (Å²) in [5.74, 6) is -2.73. The molecule has 1 aromatic heterocycles. The highest BCUT2D eigenvalue weighted by Crippen LogP contribution is 2.41. The molecule has 3 heterocycles. The molecule has 0 amide bonds. The average Bonchev–Trinajstić information content (AvgIpc) is 3.23. The van der Waals surface area contributed by atoms with Crippen LogP contribution in [0.1, 0.15) is 29.6 Å². The van der Waals surface area contributed by atoms with Crippen LogP contribution in [0, 0.1) is 5.92 Å². The second-order valence-corrected chi connectivity index (χ2v) is 10.4. The summed E-state index contributed by atoms with van der Waals surface area (Å²) < 4.78 is 16.1. The molecule has 0 radical (unpaired) electrons. The molecule has 4 aromatic rings. The third kappa shape index (κ3) is 5.53. The van der Waals surface area contributed by atoms with Gasteiger partial charge in [0.2, 0.25) is 5.75 Å². The van der Waals surface area contributed by atoms with E-state index in [-0.39, 0.29) is 28.9 Å². The highest BCUT2D eigenvalue weighted by molar-refractivity contribution is 5.90. The van der Waals surface area contributed by atoms with E-state index in [4.69, 9.17) is 13.9 Å². The predicted molar refractivity (Wildman–Crippen MR) is 153 cm³/mol. The summed E-state index contributed by atoms with van der Waals surface area (Å²) in [6, 6.07) is 20.6. The standard InChI is InChI=1S/C17H21NO4.C15H10O5/c1-18-12-8-9-13(18)15(17(20)21-2)14(10-12)22-16(19)11-6-4-3-5-7-11;16-9-6-11(8-4-2-1-3-5-8)20-12-7-10(17)14(18)15(19)13(9)12/h3-7,12-15H,8-10H2,1-2H3;1-7,17-19H/t12?,13?,14-,15+;/m0./s1. The number of fused-ring (bicyclic) bond motifs is 3. The number of phenols is 3. The molecule has 0 aliphatic carbocycles. The lowest BCUT2D eigenvalue weighted by Gasteiger charge is -2.40. The Labute approximate surface area is 241 Å². The van der Waals surface area contributed by atoms with Crippen LogP contribution in [0.5, 0.6) is 17.2 Å². The summed E-state index contributed by atoms with van der Waals surface area (Å²) >= 11 is 0. The third-order valence-electron chi connectivity index (χ3n) is 7.96. The highest BCUT2D eigenvalue weighted by atomic mass is 16.6. The number of hydrogen-bond acceptors (Lipinski definition) is 10. The fraction of sp³-hybridized carbons (Fsp3) is 0.281. The first kappa shape index (κ1) is 28.7. The van der Waals surface area contributed by atoms with Gasteiger partial charge in [-0.15, -0.1) is 0 Å². The van der Waals surface area contributed by atoms with Gasteiger partial charge in [0.1, 0.15) is 28.8 Å².